The summed E-state index contributed by atoms with van der Waals surface area (Å²) in [6.07, 6.45) is 0. The number of carbonyl (C=O) groups excluding carboxylic acids is 1. The summed E-state index contributed by atoms with van der Waals surface area (Å²) in [5.74, 6) is -0.331. The number of fused-ring (bicyclic) bond motifs is 1. The highest BCUT2D eigenvalue weighted by molar-refractivity contribution is 9.10. The Morgan fingerprint density at radius 3 is 2.38 bits per heavy atom. The van der Waals surface area contributed by atoms with Crippen molar-refractivity contribution in [1.29, 1.82) is 0 Å². The lowest BCUT2D eigenvalue weighted by atomic mass is 10.2. The molecule has 0 saturated carbocycles. The first-order valence-electron chi connectivity index (χ1n) is 8.50. The second kappa shape index (κ2) is 8.28. The molecule has 1 aromatic heterocycles. The Bertz CT molecular complexity index is 1230. The maximum atomic E-state index is 12.4. The number of para-hydroxylation sites is 1. The van der Waals surface area contributed by atoms with E-state index in [1.807, 2.05) is 36.4 Å². The van der Waals surface area contributed by atoms with Gasteiger partial charge in [0.05, 0.1) is 22.0 Å². The molecular formula is C20H13BrClN5OS. The Balaban J connectivity index is 1.54. The Morgan fingerprint density at radius 2 is 1.66 bits per heavy atom. The normalized spacial score (nSPS) is 10.7. The van der Waals surface area contributed by atoms with E-state index in [4.69, 9.17) is 23.8 Å². The number of halogens is 2. The van der Waals surface area contributed by atoms with E-state index in [2.05, 4.69) is 36.8 Å². The van der Waals surface area contributed by atoms with Crippen LogP contribution in [0.4, 0.5) is 5.69 Å². The molecule has 0 atom stereocenters. The number of carbonyl (C=O) groups is 1. The number of hydrogen-bond acceptors (Lipinski definition) is 4. The highest BCUT2D eigenvalue weighted by Gasteiger charge is 2.14. The largest absolute Gasteiger partial charge is 0.331 e. The lowest BCUT2D eigenvalue weighted by Crippen LogP contribution is -2.34. The molecule has 29 heavy (non-hydrogen) atoms. The molecule has 0 bridgehead atoms. The number of benzene rings is 3. The van der Waals surface area contributed by atoms with Crippen molar-refractivity contribution < 1.29 is 4.79 Å². The van der Waals surface area contributed by atoms with Gasteiger partial charge in [0.25, 0.3) is 5.91 Å². The van der Waals surface area contributed by atoms with Gasteiger partial charge < -0.3 is 5.32 Å². The van der Waals surface area contributed by atoms with Gasteiger partial charge in [-0.3, -0.25) is 10.1 Å². The van der Waals surface area contributed by atoms with Crippen LogP contribution in [0.2, 0.25) is 5.02 Å². The topological polar surface area (TPSA) is 71.8 Å². The molecule has 9 heteroatoms. The van der Waals surface area contributed by atoms with E-state index < -0.39 is 0 Å². The van der Waals surface area contributed by atoms with Gasteiger partial charge in [0, 0.05) is 4.47 Å². The van der Waals surface area contributed by atoms with Crippen LogP contribution in [-0.2, 0) is 0 Å². The average Bonchev–Trinajstić information content (AvgIpc) is 3.12. The fourth-order valence-corrected chi connectivity index (χ4v) is 3.55. The van der Waals surface area contributed by atoms with Gasteiger partial charge in [0.15, 0.2) is 5.11 Å². The Morgan fingerprint density at radius 1 is 1.00 bits per heavy atom. The standard InChI is InChI=1S/C20H13BrClN5OS/c21-14-9-5-4-8-13(14)19(28)24-20(29)23-16-11-18-17(10-15(16)22)25-27(26-18)12-6-2-1-3-7-12/h1-11H,(H2,23,24,28,29). The lowest BCUT2D eigenvalue weighted by molar-refractivity contribution is 0.0977. The number of hydrogen-bond donors (Lipinski definition) is 2. The van der Waals surface area contributed by atoms with Crippen LogP contribution in [0.5, 0.6) is 0 Å². The third-order valence-electron chi connectivity index (χ3n) is 4.05. The van der Waals surface area contributed by atoms with E-state index in [-0.39, 0.29) is 11.0 Å². The summed E-state index contributed by atoms with van der Waals surface area (Å²) in [5.41, 5.74) is 3.12. The van der Waals surface area contributed by atoms with Gasteiger partial charge in [-0.25, -0.2) is 0 Å². The van der Waals surface area contributed by atoms with Crippen molar-refractivity contribution in [2.75, 3.05) is 5.32 Å². The van der Waals surface area contributed by atoms with E-state index in [9.17, 15) is 4.79 Å². The third kappa shape index (κ3) is 4.29. The van der Waals surface area contributed by atoms with E-state index in [0.717, 1.165) is 5.69 Å². The molecule has 0 fully saturated rings. The summed E-state index contributed by atoms with van der Waals surface area (Å²) >= 11 is 15.0. The molecule has 0 saturated heterocycles. The lowest BCUT2D eigenvalue weighted by Gasteiger charge is -2.11. The Hall–Kier alpha value is -2.81. The molecule has 6 nitrogen and oxygen atoms in total. The van der Waals surface area contributed by atoms with Gasteiger partial charge >= 0.3 is 0 Å². The van der Waals surface area contributed by atoms with Crippen LogP contribution in [-0.4, -0.2) is 26.0 Å². The number of nitrogens with zero attached hydrogens (tertiary/aromatic N) is 3. The van der Waals surface area contributed by atoms with Gasteiger partial charge in [0.1, 0.15) is 11.0 Å². The summed E-state index contributed by atoms with van der Waals surface area (Å²) < 4.78 is 0.678. The molecule has 0 radical (unpaired) electrons. The van der Waals surface area contributed by atoms with Crippen LogP contribution in [0, 0.1) is 0 Å². The third-order valence-corrected chi connectivity index (χ3v) is 5.26. The zero-order chi connectivity index (χ0) is 20.4. The molecule has 0 aliphatic carbocycles. The molecular weight excluding hydrogens is 474 g/mol. The minimum absolute atomic E-state index is 0.127. The molecule has 3 aromatic carbocycles. The number of aromatic nitrogens is 3. The zero-order valence-corrected chi connectivity index (χ0v) is 17.9. The summed E-state index contributed by atoms with van der Waals surface area (Å²) in [5, 5.41) is 15.1. The summed E-state index contributed by atoms with van der Waals surface area (Å²) in [7, 11) is 0. The second-order valence-corrected chi connectivity index (χ2v) is 7.70. The maximum absolute atomic E-state index is 12.4. The fourth-order valence-electron chi connectivity index (χ4n) is 2.68. The molecule has 0 aliphatic rings. The monoisotopic (exact) mass is 485 g/mol. The highest BCUT2D eigenvalue weighted by atomic mass is 79.9. The van der Waals surface area contributed by atoms with Crippen LogP contribution in [0.3, 0.4) is 0 Å². The van der Waals surface area contributed by atoms with E-state index in [1.165, 1.54) is 4.80 Å². The van der Waals surface area contributed by atoms with Crippen LogP contribution >= 0.6 is 39.7 Å². The molecule has 1 heterocycles. The van der Waals surface area contributed by atoms with Crippen molar-refractivity contribution in [3.05, 3.63) is 81.8 Å². The fraction of sp³-hybridized carbons (Fsp3) is 0. The van der Waals surface area contributed by atoms with Crippen molar-refractivity contribution in [3.63, 3.8) is 0 Å². The predicted octanol–water partition coefficient (Wildman–Crippen LogP) is 4.96. The smallest absolute Gasteiger partial charge is 0.258 e. The molecule has 144 valence electrons. The number of nitrogens with one attached hydrogen (secondary N) is 2. The van der Waals surface area contributed by atoms with Crippen LogP contribution in [0.15, 0.2) is 71.2 Å². The van der Waals surface area contributed by atoms with Crippen molar-refractivity contribution >= 4 is 67.5 Å². The molecule has 4 rings (SSSR count). The minimum Gasteiger partial charge on any atom is -0.331 e. The summed E-state index contributed by atoms with van der Waals surface area (Å²) in [6, 6.07) is 20.1. The van der Waals surface area contributed by atoms with Gasteiger partial charge in [-0.2, -0.15) is 4.80 Å². The summed E-state index contributed by atoms with van der Waals surface area (Å²) in [6.45, 7) is 0. The number of rotatable bonds is 3. The first-order valence-corrected chi connectivity index (χ1v) is 10.1. The van der Waals surface area contributed by atoms with Crippen molar-refractivity contribution in [2.45, 2.75) is 0 Å². The molecule has 4 aromatic rings. The molecule has 1 amide bonds. The predicted molar refractivity (Wildman–Crippen MR) is 122 cm³/mol. The number of anilines is 1. The van der Waals surface area contributed by atoms with Gasteiger partial charge in [-0.1, -0.05) is 41.9 Å². The van der Waals surface area contributed by atoms with Crippen molar-refractivity contribution in [1.82, 2.24) is 20.3 Å². The molecule has 0 spiro atoms. The SMILES string of the molecule is O=C(NC(=S)Nc1cc2nn(-c3ccccc3)nc2cc1Cl)c1ccccc1Br. The minimum atomic E-state index is -0.331. The van der Waals surface area contributed by atoms with E-state index in [1.54, 1.807) is 30.3 Å². The molecule has 0 unspecified atom stereocenters. The summed E-state index contributed by atoms with van der Waals surface area (Å²) in [4.78, 5) is 13.9. The number of amides is 1. The zero-order valence-electron chi connectivity index (χ0n) is 14.8. The van der Waals surface area contributed by atoms with E-state index >= 15 is 0 Å². The average molecular weight is 487 g/mol. The maximum Gasteiger partial charge on any atom is 0.258 e. The van der Waals surface area contributed by atoms with Crippen LogP contribution in [0.1, 0.15) is 10.4 Å². The molecule has 0 aliphatic heterocycles. The van der Waals surface area contributed by atoms with Gasteiger partial charge in [0.2, 0.25) is 0 Å². The quantitative estimate of drug-likeness (QED) is 0.400. The second-order valence-electron chi connectivity index (χ2n) is 6.03. The number of thiocarbonyl (C=S) groups is 1. The first-order chi connectivity index (χ1) is 14.0. The van der Waals surface area contributed by atoms with Crippen LogP contribution < -0.4 is 10.6 Å². The van der Waals surface area contributed by atoms with Gasteiger partial charge in [-0.15, -0.1) is 10.2 Å². The molecule has 2 N–H and O–H groups in total. The van der Waals surface area contributed by atoms with Gasteiger partial charge in [-0.05, 0) is 64.5 Å². The van der Waals surface area contributed by atoms with Crippen molar-refractivity contribution in [2.24, 2.45) is 0 Å². The highest BCUT2D eigenvalue weighted by Crippen LogP contribution is 2.27. The van der Waals surface area contributed by atoms with E-state index in [0.29, 0.717) is 31.8 Å². The Kier molecular flexibility index (Phi) is 5.57. The van der Waals surface area contributed by atoms with Crippen LogP contribution in [0.25, 0.3) is 16.7 Å². The van der Waals surface area contributed by atoms with Crippen molar-refractivity contribution in [3.8, 4) is 5.69 Å². The Labute approximate surface area is 185 Å². The first kappa shape index (κ1) is 19.5.